The topological polar surface area (TPSA) is 46.6 Å². The van der Waals surface area contributed by atoms with Crippen LogP contribution in [-0.2, 0) is 15.8 Å². The molecule has 0 bridgehead atoms. The van der Waals surface area contributed by atoms with Gasteiger partial charge in [-0.3, -0.25) is 4.31 Å². The van der Waals surface area contributed by atoms with E-state index in [0.29, 0.717) is 23.6 Å². The number of aryl methyl sites for hydroxylation is 2. The highest BCUT2D eigenvalue weighted by atomic mass is 32.2. The molecule has 0 saturated carbocycles. The molecule has 0 saturated heterocycles. The summed E-state index contributed by atoms with van der Waals surface area (Å²) in [6, 6.07) is 9.32. The van der Waals surface area contributed by atoms with E-state index in [1.165, 1.54) is 28.6 Å². The minimum absolute atomic E-state index is 0.167. The molecule has 0 spiro atoms. The molecule has 122 valence electrons. The summed E-state index contributed by atoms with van der Waals surface area (Å²) in [4.78, 5) is 0. The summed E-state index contributed by atoms with van der Waals surface area (Å²) in [6.45, 7) is 4.42. The molecule has 4 nitrogen and oxygen atoms in total. The molecule has 2 aromatic carbocycles. The first kappa shape index (κ1) is 15.8. The second-order valence-electron chi connectivity index (χ2n) is 5.73. The molecule has 23 heavy (non-hydrogen) atoms. The molecule has 0 fully saturated rings. The molecular weight excluding hydrogens is 317 g/mol. The van der Waals surface area contributed by atoms with Crippen molar-refractivity contribution in [1.29, 1.82) is 0 Å². The van der Waals surface area contributed by atoms with Crippen LogP contribution >= 0.6 is 0 Å². The lowest BCUT2D eigenvalue weighted by Crippen LogP contribution is -2.39. The van der Waals surface area contributed by atoms with E-state index in [4.69, 9.17) is 4.74 Å². The Morgan fingerprint density at radius 3 is 2.57 bits per heavy atom. The zero-order chi connectivity index (χ0) is 16.6. The normalized spacial score (nSPS) is 14.3. The van der Waals surface area contributed by atoms with Crippen molar-refractivity contribution in [2.45, 2.75) is 19.6 Å². The third kappa shape index (κ3) is 3.17. The maximum atomic E-state index is 13.0. The van der Waals surface area contributed by atoms with E-state index in [1.54, 1.807) is 0 Å². The highest BCUT2D eigenvalue weighted by Gasteiger charge is 2.30. The molecule has 0 N–H and O–H groups in total. The molecule has 1 heterocycles. The third-order valence-electron chi connectivity index (χ3n) is 3.81. The maximum Gasteiger partial charge on any atom is 0.239 e. The largest absolute Gasteiger partial charge is 0.489 e. The van der Waals surface area contributed by atoms with E-state index in [9.17, 15) is 12.8 Å². The summed E-state index contributed by atoms with van der Waals surface area (Å²) >= 11 is 0. The number of anilines is 1. The van der Waals surface area contributed by atoms with Gasteiger partial charge in [0.1, 0.15) is 18.2 Å². The number of sulfonamides is 1. The zero-order valence-electron chi connectivity index (χ0n) is 13.0. The van der Waals surface area contributed by atoms with Crippen molar-refractivity contribution >= 4 is 15.7 Å². The molecule has 2 aromatic rings. The molecule has 0 atom stereocenters. The van der Waals surface area contributed by atoms with Gasteiger partial charge in [0, 0.05) is 0 Å². The second kappa shape index (κ2) is 5.85. The molecule has 3 rings (SSSR count). The van der Waals surface area contributed by atoms with Crippen molar-refractivity contribution in [2.24, 2.45) is 0 Å². The van der Waals surface area contributed by atoms with Crippen LogP contribution in [0.15, 0.2) is 36.4 Å². The lowest BCUT2D eigenvalue weighted by Gasteiger charge is -2.32. The first-order chi connectivity index (χ1) is 10.9. The Balaban J connectivity index is 1.97. The summed E-state index contributed by atoms with van der Waals surface area (Å²) in [5, 5.41) is 0. The maximum absolute atomic E-state index is 13.0. The number of nitrogens with zero attached hydrogens (tertiary/aromatic N) is 1. The van der Waals surface area contributed by atoms with E-state index >= 15 is 0 Å². The summed E-state index contributed by atoms with van der Waals surface area (Å²) in [7, 11) is -3.57. The number of rotatable bonds is 3. The van der Waals surface area contributed by atoms with Crippen LogP contribution in [0.5, 0.6) is 5.75 Å². The van der Waals surface area contributed by atoms with Crippen molar-refractivity contribution in [3.05, 3.63) is 58.9 Å². The van der Waals surface area contributed by atoms with Gasteiger partial charge < -0.3 is 4.74 Å². The van der Waals surface area contributed by atoms with Crippen LogP contribution in [0.2, 0.25) is 0 Å². The molecule has 1 aliphatic heterocycles. The fraction of sp³-hybridized carbons (Fsp3) is 0.294. The van der Waals surface area contributed by atoms with Gasteiger partial charge in [0.25, 0.3) is 0 Å². The average molecular weight is 335 g/mol. The van der Waals surface area contributed by atoms with E-state index in [0.717, 1.165) is 11.1 Å². The Morgan fingerprint density at radius 1 is 1.17 bits per heavy atom. The smallest absolute Gasteiger partial charge is 0.239 e. The molecule has 0 amide bonds. The number of halogens is 1. The minimum Gasteiger partial charge on any atom is -0.489 e. The zero-order valence-corrected chi connectivity index (χ0v) is 13.9. The molecule has 1 aliphatic rings. The first-order valence-electron chi connectivity index (χ1n) is 7.36. The number of fused-ring (bicyclic) bond motifs is 1. The number of hydrogen-bond acceptors (Lipinski definition) is 3. The Hall–Kier alpha value is -2.08. The van der Waals surface area contributed by atoms with Crippen LogP contribution < -0.4 is 9.04 Å². The number of benzene rings is 2. The van der Waals surface area contributed by atoms with Crippen LogP contribution in [0, 0.1) is 19.7 Å². The fourth-order valence-corrected chi connectivity index (χ4v) is 4.48. The highest BCUT2D eigenvalue weighted by molar-refractivity contribution is 7.92. The van der Waals surface area contributed by atoms with E-state index in [2.05, 4.69) is 0 Å². The monoisotopic (exact) mass is 335 g/mol. The van der Waals surface area contributed by atoms with E-state index < -0.39 is 10.0 Å². The fourth-order valence-electron chi connectivity index (χ4n) is 2.85. The van der Waals surface area contributed by atoms with Gasteiger partial charge in [0.2, 0.25) is 10.0 Å². The van der Waals surface area contributed by atoms with Crippen LogP contribution in [0.4, 0.5) is 10.1 Å². The molecule has 6 heteroatoms. The predicted molar refractivity (Wildman–Crippen MR) is 87.8 cm³/mol. The highest BCUT2D eigenvalue weighted by Crippen LogP contribution is 2.38. The quantitative estimate of drug-likeness (QED) is 0.865. The molecule has 0 radical (unpaired) electrons. The van der Waals surface area contributed by atoms with Crippen molar-refractivity contribution < 1.29 is 17.5 Å². The Morgan fingerprint density at radius 2 is 1.87 bits per heavy atom. The average Bonchev–Trinajstić information content (AvgIpc) is 2.48. The first-order valence-corrected chi connectivity index (χ1v) is 8.96. The van der Waals surface area contributed by atoms with Crippen molar-refractivity contribution in [3.8, 4) is 5.75 Å². The van der Waals surface area contributed by atoms with E-state index in [-0.39, 0.29) is 18.1 Å². The molecule has 0 unspecified atom stereocenters. The Bertz CT molecular complexity index is 832. The standard InChI is InChI=1S/C17H18FNO3S/c1-12-9-13(2)17-16(10-12)22-8-7-19(17)23(20,21)11-14-3-5-15(18)6-4-14/h3-6,9-10H,7-8,11H2,1-2H3. The predicted octanol–water partition coefficient (Wildman–Crippen LogP) is 3.17. The molecule has 0 aromatic heterocycles. The van der Waals surface area contributed by atoms with Crippen LogP contribution in [0.25, 0.3) is 0 Å². The van der Waals surface area contributed by atoms with Gasteiger partial charge in [-0.2, -0.15) is 0 Å². The van der Waals surface area contributed by atoms with Gasteiger partial charge in [-0.1, -0.05) is 18.2 Å². The Kier molecular flexibility index (Phi) is 4.02. The second-order valence-corrected chi connectivity index (χ2v) is 7.63. The van der Waals surface area contributed by atoms with E-state index in [1.807, 2.05) is 26.0 Å². The lowest BCUT2D eigenvalue weighted by atomic mass is 10.1. The lowest BCUT2D eigenvalue weighted by molar-refractivity contribution is 0.315. The summed E-state index contributed by atoms with van der Waals surface area (Å²) in [5.41, 5.74) is 3.05. The van der Waals surface area contributed by atoms with Crippen LogP contribution in [-0.4, -0.2) is 21.6 Å². The van der Waals surface area contributed by atoms with Gasteiger partial charge in [0.15, 0.2) is 0 Å². The van der Waals surface area contributed by atoms with Crippen LogP contribution in [0.1, 0.15) is 16.7 Å². The number of hydrogen-bond donors (Lipinski definition) is 0. The number of ether oxygens (including phenoxy) is 1. The van der Waals surface area contributed by atoms with Gasteiger partial charge >= 0.3 is 0 Å². The molecule has 0 aliphatic carbocycles. The minimum atomic E-state index is -3.57. The Labute approximate surface area is 135 Å². The summed E-state index contributed by atoms with van der Waals surface area (Å²) < 4.78 is 45.6. The van der Waals surface area contributed by atoms with Gasteiger partial charge in [-0.05, 0) is 48.7 Å². The van der Waals surface area contributed by atoms with Crippen molar-refractivity contribution in [2.75, 3.05) is 17.5 Å². The summed E-state index contributed by atoms with van der Waals surface area (Å²) in [5.74, 6) is 0.0469. The van der Waals surface area contributed by atoms with Gasteiger partial charge in [0.05, 0.1) is 18.0 Å². The van der Waals surface area contributed by atoms with Gasteiger partial charge in [-0.25, -0.2) is 12.8 Å². The van der Waals surface area contributed by atoms with Crippen molar-refractivity contribution in [3.63, 3.8) is 0 Å². The SMILES string of the molecule is Cc1cc(C)c2c(c1)OCCN2S(=O)(=O)Cc1ccc(F)cc1. The summed E-state index contributed by atoms with van der Waals surface area (Å²) in [6.07, 6.45) is 0. The third-order valence-corrected chi connectivity index (χ3v) is 5.54. The molecular formula is C17H18FNO3S. The van der Waals surface area contributed by atoms with Gasteiger partial charge in [-0.15, -0.1) is 0 Å². The van der Waals surface area contributed by atoms with Crippen LogP contribution in [0.3, 0.4) is 0 Å². The van der Waals surface area contributed by atoms with Crippen molar-refractivity contribution in [1.82, 2.24) is 0 Å².